The molecule has 0 radical (unpaired) electrons. The van der Waals surface area contributed by atoms with Gasteiger partial charge in [0.05, 0.1) is 45.3 Å². The number of hydrogen-bond donors (Lipinski definition) is 1. The number of hydrogen-bond acceptors (Lipinski definition) is 8. The van der Waals surface area contributed by atoms with Crippen LogP contribution in [-0.4, -0.2) is 39.0 Å². The summed E-state index contributed by atoms with van der Waals surface area (Å²) in [6.45, 7) is 0.405. The lowest BCUT2D eigenvalue weighted by Crippen LogP contribution is -2.18. The molecule has 0 spiro atoms. The molecule has 0 saturated carbocycles. The lowest BCUT2D eigenvalue weighted by Gasteiger charge is -2.19. The lowest BCUT2D eigenvalue weighted by atomic mass is 9.88. The third-order valence-electron chi connectivity index (χ3n) is 6.16. The molecule has 0 amide bonds. The smallest absolute Gasteiger partial charge is 0.343 e. The van der Waals surface area contributed by atoms with Crippen molar-refractivity contribution in [2.75, 3.05) is 27.9 Å². The molecule has 0 bridgehead atoms. The minimum Gasteiger partial charge on any atom is -0.507 e. The number of carbonyl (C=O) groups is 1. The van der Waals surface area contributed by atoms with Gasteiger partial charge in [-0.05, 0) is 47.5 Å². The van der Waals surface area contributed by atoms with Crippen LogP contribution in [0, 0.1) is 0 Å². The third kappa shape index (κ3) is 5.69. The maximum atomic E-state index is 12.9. The van der Waals surface area contributed by atoms with E-state index in [9.17, 15) is 14.7 Å². The fourth-order valence-corrected chi connectivity index (χ4v) is 4.18. The lowest BCUT2D eigenvalue weighted by molar-refractivity contribution is -0.140. The van der Waals surface area contributed by atoms with Gasteiger partial charge in [-0.3, -0.25) is 4.79 Å². The van der Waals surface area contributed by atoms with Crippen molar-refractivity contribution in [1.82, 2.24) is 0 Å². The first-order valence-electron chi connectivity index (χ1n) is 11.7. The van der Waals surface area contributed by atoms with Crippen molar-refractivity contribution >= 4 is 16.9 Å². The summed E-state index contributed by atoms with van der Waals surface area (Å²) in [6.07, 6.45) is 0.486. The second-order valence-electron chi connectivity index (χ2n) is 8.34. The fraction of sp³-hybridized carbons (Fsp3) is 0.241. The monoisotopic (exact) mass is 504 g/mol. The number of ether oxygens (including phenoxy) is 4. The summed E-state index contributed by atoms with van der Waals surface area (Å²) in [4.78, 5) is 25.2. The van der Waals surface area contributed by atoms with Crippen LogP contribution in [0.3, 0.4) is 0 Å². The standard InChI is InChI=1S/C29H28O8/c1-33-20-11-8-18(9-12-20)14-15-36-24-13-10-19(16-25(24)34-2)22(17-26(30)35-3)27-28(31)21-6-4-5-7-23(21)37-29(27)32/h4-13,16,22,31H,14-15,17H2,1-3H3. The van der Waals surface area contributed by atoms with E-state index in [1.807, 2.05) is 24.3 Å². The van der Waals surface area contributed by atoms with Gasteiger partial charge in [-0.15, -0.1) is 0 Å². The van der Waals surface area contributed by atoms with Crippen LogP contribution in [0.5, 0.6) is 23.0 Å². The van der Waals surface area contributed by atoms with Crippen LogP contribution in [0.25, 0.3) is 11.0 Å². The summed E-state index contributed by atoms with van der Waals surface area (Å²) in [5, 5.41) is 11.4. The number of esters is 1. The van der Waals surface area contributed by atoms with Crippen molar-refractivity contribution < 1.29 is 33.3 Å². The van der Waals surface area contributed by atoms with Crippen LogP contribution in [0.15, 0.2) is 75.9 Å². The molecule has 192 valence electrons. The highest BCUT2D eigenvalue weighted by atomic mass is 16.5. The van der Waals surface area contributed by atoms with Gasteiger partial charge in [0.15, 0.2) is 11.5 Å². The van der Waals surface area contributed by atoms with E-state index in [0.29, 0.717) is 35.5 Å². The van der Waals surface area contributed by atoms with Gasteiger partial charge >= 0.3 is 11.6 Å². The molecule has 1 aromatic heterocycles. The zero-order valence-corrected chi connectivity index (χ0v) is 20.9. The summed E-state index contributed by atoms with van der Waals surface area (Å²) >= 11 is 0. The van der Waals surface area contributed by atoms with Crippen LogP contribution in [0.2, 0.25) is 0 Å². The number of benzene rings is 3. The third-order valence-corrected chi connectivity index (χ3v) is 6.16. The molecule has 37 heavy (non-hydrogen) atoms. The number of para-hydroxylation sites is 1. The topological polar surface area (TPSA) is 104 Å². The number of carbonyl (C=O) groups excluding carboxylic acids is 1. The highest BCUT2D eigenvalue weighted by Gasteiger charge is 2.28. The molecule has 0 aliphatic heterocycles. The van der Waals surface area contributed by atoms with Gasteiger partial charge in [-0.1, -0.05) is 30.3 Å². The van der Waals surface area contributed by atoms with Crippen molar-refractivity contribution in [1.29, 1.82) is 0 Å². The predicted octanol–water partition coefficient (Wildman–Crippen LogP) is 4.83. The average molecular weight is 505 g/mol. The zero-order chi connectivity index (χ0) is 26.4. The van der Waals surface area contributed by atoms with Gasteiger partial charge < -0.3 is 28.5 Å². The SMILES string of the molecule is COC(=O)CC(c1ccc(OCCc2ccc(OC)cc2)c(OC)c1)c1c(O)c2ccccc2oc1=O. The maximum Gasteiger partial charge on any atom is 0.343 e. The van der Waals surface area contributed by atoms with E-state index in [4.69, 9.17) is 23.4 Å². The van der Waals surface area contributed by atoms with Crippen LogP contribution < -0.4 is 19.8 Å². The zero-order valence-electron chi connectivity index (χ0n) is 20.9. The Bertz CT molecular complexity index is 1440. The Hall–Kier alpha value is -4.46. The van der Waals surface area contributed by atoms with Gasteiger partial charge in [0.25, 0.3) is 0 Å². The average Bonchev–Trinajstić information content (AvgIpc) is 2.92. The molecule has 4 aromatic rings. The molecule has 0 saturated heterocycles. The summed E-state index contributed by atoms with van der Waals surface area (Å²) < 4.78 is 27.0. The number of aromatic hydroxyl groups is 1. The van der Waals surface area contributed by atoms with Crippen LogP contribution in [-0.2, 0) is 16.0 Å². The number of methoxy groups -OCH3 is 3. The molecule has 8 heteroatoms. The Morgan fingerprint density at radius 3 is 2.41 bits per heavy atom. The van der Waals surface area contributed by atoms with Crippen LogP contribution in [0.4, 0.5) is 0 Å². The first-order valence-corrected chi connectivity index (χ1v) is 11.7. The molecule has 3 aromatic carbocycles. The first-order chi connectivity index (χ1) is 17.9. The molecular formula is C29H28O8. The molecular weight excluding hydrogens is 476 g/mol. The van der Waals surface area contributed by atoms with E-state index in [-0.39, 0.29) is 23.3 Å². The van der Waals surface area contributed by atoms with Crippen LogP contribution >= 0.6 is 0 Å². The normalized spacial score (nSPS) is 11.6. The van der Waals surface area contributed by atoms with Crippen molar-refractivity contribution in [2.45, 2.75) is 18.8 Å². The van der Waals surface area contributed by atoms with E-state index in [2.05, 4.69) is 0 Å². The Morgan fingerprint density at radius 2 is 1.70 bits per heavy atom. The quantitative estimate of drug-likeness (QED) is 0.242. The Morgan fingerprint density at radius 1 is 0.946 bits per heavy atom. The maximum absolute atomic E-state index is 12.9. The molecule has 1 heterocycles. The molecule has 0 aliphatic rings. The van der Waals surface area contributed by atoms with Crippen molar-refractivity contribution in [3.8, 4) is 23.0 Å². The number of fused-ring (bicyclic) bond motifs is 1. The van der Waals surface area contributed by atoms with E-state index in [0.717, 1.165) is 11.3 Å². The highest BCUT2D eigenvalue weighted by Crippen LogP contribution is 2.39. The van der Waals surface area contributed by atoms with Gasteiger partial charge in [0, 0.05) is 12.3 Å². The summed E-state index contributed by atoms with van der Waals surface area (Å²) in [6, 6.07) is 19.5. The van der Waals surface area contributed by atoms with Crippen molar-refractivity contribution in [3.05, 3.63) is 93.8 Å². The van der Waals surface area contributed by atoms with Crippen molar-refractivity contribution in [3.63, 3.8) is 0 Å². The molecule has 4 rings (SSSR count). The number of rotatable bonds is 10. The van der Waals surface area contributed by atoms with Gasteiger partial charge in [-0.25, -0.2) is 4.79 Å². The van der Waals surface area contributed by atoms with E-state index < -0.39 is 17.5 Å². The molecule has 8 nitrogen and oxygen atoms in total. The largest absolute Gasteiger partial charge is 0.507 e. The Kier molecular flexibility index (Phi) is 7.98. The summed E-state index contributed by atoms with van der Waals surface area (Å²) in [5.74, 6) is 0.0962. The predicted molar refractivity (Wildman–Crippen MR) is 138 cm³/mol. The van der Waals surface area contributed by atoms with E-state index in [1.54, 1.807) is 49.6 Å². The fourth-order valence-electron chi connectivity index (χ4n) is 4.18. The van der Waals surface area contributed by atoms with Gasteiger partial charge in [-0.2, -0.15) is 0 Å². The summed E-state index contributed by atoms with van der Waals surface area (Å²) in [7, 11) is 4.40. The second-order valence-corrected chi connectivity index (χ2v) is 8.34. The molecule has 1 unspecified atom stereocenters. The van der Waals surface area contributed by atoms with Gasteiger partial charge in [0.1, 0.15) is 17.1 Å². The van der Waals surface area contributed by atoms with E-state index in [1.165, 1.54) is 14.2 Å². The minimum absolute atomic E-state index is 0.0284. The molecule has 1 N–H and O–H groups in total. The van der Waals surface area contributed by atoms with Crippen molar-refractivity contribution in [2.24, 2.45) is 0 Å². The highest BCUT2D eigenvalue weighted by molar-refractivity contribution is 5.84. The van der Waals surface area contributed by atoms with E-state index >= 15 is 0 Å². The second kappa shape index (κ2) is 11.5. The summed E-state index contributed by atoms with van der Waals surface area (Å²) in [5.41, 5.74) is 1.14. The molecule has 1 atom stereocenters. The Labute approximate surface area is 214 Å². The molecule has 0 aliphatic carbocycles. The van der Waals surface area contributed by atoms with Gasteiger partial charge in [0.2, 0.25) is 0 Å². The Balaban J connectivity index is 1.64. The molecule has 0 fully saturated rings. The first kappa shape index (κ1) is 25.6. The van der Waals surface area contributed by atoms with Crippen LogP contribution in [0.1, 0.15) is 29.0 Å². The minimum atomic E-state index is -0.837.